The molecule has 0 bridgehead atoms. The molecule has 1 N–H and O–H groups in total. The lowest BCUT2D eigenvalue weighted by molar-refractivity contribution is 0.205. The topological polar surface area (TPSA) is 17.0 Å². The van der Waals surface area contributed by atoms with E-state index in [-0.39, 0.29) is 0 Å². The molecule has 0 unspecified atom stereocenters. The summed E-state index contributed by atoms with van der Waals surface area (Å²) in [5.74, 6) is 0. The zero-order valence-corrected chi connectivity index (χ0v) is 10.8. The molecule has 1 saturated carbocycles. The van der Waals surface area contributed by atoms with E-state index in [9.17, 15) is 0 Å². The minimum absolute atomic E-state index is 0.573. The molecule has 1 aliphatic rings. The molecule has 2 rings (SSSR count). The Labute approximate surface area is 99.0 Å². The van der Waals surface area contributed by atoms with Crippen molar-refractivity contribution in [3.63, 3.8) is 0 Å². The molecule has 1 fully saturated rings. The molecule has 0 radical (unpaired) electrons. The molecule has 16 heavy (non-hydrogen) atoms. The highest BCUT2D eigenvalue weighted by molar-refractivity contribution is 5.06. The molecule has 0 aliphatic heterocycles. The smallest absolute Gasteiger partial charge is 0.0361 e. The van der Waals surface area contributed by atoms with E-state index in [0.717, 1.165) is 12.6 Å². The van der Waals surface area contributed by atoms with Gasteiger partial charge in [0.2, 0.25) is 0 Å². The van der Waals surface area contributed by atoms with Crippen LogP contribution in [0.25, 0.3) is 0 Å². The fraction of sp³-hybridized carbons (Fsp3) is 0.714. The second-order valence-corrected chi connectivity index (χ2v) is 5.93. The first-order valence-electron chi connectivity index (χ1n) is 6.40. The number of aromatic nitrogens is 1. The zero-order valence-electron chi connectivity index (χ0n) is 10.8. The number of hydrogen-bond donors (Lipinski definition) is 1. The van der Waals surface area contributed by atoms with Gasteiger partial charge in [-0.25, -0.2) is 0 Å². The van der Waals surface area contributed by atoms with Crippen LogP contribution < -0.4 is 5.32 Å². The van der Waals surface area contributed by atoms with Crippen LogP contribution in [0.15, 0.2) is 18.3 Å². The fourth-order valence-corrected chi connectivity index (χ4v) is 2.53. The summed E-state index contributed by atoms with van der Waals surface area (Å²) >= 11 is 0. The summed E-state index contributed by atoms with van der Waals surface area (Å²) in [7, 11) is 2.11. The van der Waals surface area contributed by atoms with Gasteiger partial charge >= 0.3 is 0 Å². The monoisotopic (exact) mass is 220 g/mol. The quantitative estimate of drug-likeness (QED) is 0.828. The summed E-state index contributed by atoms with van der Waals surface area (Å²) < 4.78 is 2.19. The second kappa shape index (κ2) is 4.62. The molecule has 2 nitrogen and oxygen atoms in total. The van der Waals surface area contributed by atoms with Gasteiger partial charge in [0.15, 0.2) is 0 Å². The van der Waals surface area contributed by atoms with Crippen molar-refractivity contribution in [2.45, 2.75) is 52.1 Å². The largest absolute Gasteiger partial charge is 0.353 e. The first kappa shape index (κ1) is 11.7. The van der Waals surface area contributed by atoms with E-state index >= 15 is 0 Å². The van der Waals surface area contributed by atoms with E-state index in [1.165, 1.54) is 31.4 Å². The van der Waals surface area contributed by atoms with Gasteiger partial charge in [0, 0.05) is 31.5 Å². The molecule has 1 aromatic rings. The Morgan fingerprint density at radius 2 is 2.06 bits per heavy atom. The summed E-state index contributed by atoms with van der Waals surface area (Å²) in [5, 5.41) is 3.68. The third kappa shape index (κ3) is 2.88. The van der Waals surface area contributed by atoms with Gasteiger partial charge in [-0.05, 0) is 43.2 Å². The molecule has 1 aliphatic carbocycles. The van der Waals surface area contributed by atoms with Gasteiger partial charge in [-0.1, -0.05) is 13.8 Å². The summed E-state index contributed by atoms with van der Waals surface area (Å²) in [6.07, 6.45) is 7.49. The number of rotatable bonds is 3. The minimum Gasteiger partial charge on any atom is -0.353 e. The highest BCUT2D eigenvalue weighted by Gasteiger charge is 2.26. The van der Waals surface area contributed by atoms with Crippen LogP contribution in [0.2, 0.25) is 0 Å². The van der Waals surface area contributed by atoms with Gasteiger partial charge in [0.05, 0.1) is 0 Å². The van der Waals surface area contributed by atoms with Crippen LogP contribution in [0, 0.1) is 5.41 Å². The Hall–Kier alpha value is -0.760. The Morgan fingerprint density at radius 1 is 1.38 bits per heavy atom. The first-order valence-corrected chi connectivity index (χ1v) is 6.40. The Morgan fingerprint density at radius 3 is 2.62 bits per heavy atom. The van der Waals surface area contributed by atoms with Crippen LogP contribution in [-0.4, -0.2) is 10.6 Å². The van der Waals surface area contributed by atoms with Crippen LogP contribution in [0.3, 0.4) is 0 Å². The Bertz CT molecular complexity index is 328. The van der Waals surface area contributed by atoms with Crippen LogP contribution in [0.1, 0.15) is 45.2 Å². The average Bonchev–Trinajstić information content (AvgIpc) is 2.63. The zero-order chi connectivity index (χ0) is 11.6. The third-order valence-corrected chi connectivity index (χ3v) is 3.96. The third-order valence-electron chi connectivity index (χ3n) is 3.96. The maximum atomic E-state index is 3.68. The van der Waals surface area contributed by atoms with Gasteiger partial charge in [-0.2, -0.15) is 0 Å². The highest BCUT2D eigenvalue weighted by Crippen LogP contribution is 2.34. The van der Waals surface area contributed by atoms with Gasteiger partial charge in [0.1, 0.15) is 0 Å². The molecular formula is C14H24N2. The summed E-state index contributed by atoms with van der Waals surface area (Å²) in [4.78, 5) is 0. The van der Waals surface area contributed by atoms with Crippen LogP contribution in [0.5, 0.6) is 0 Å². The molecule has 0 saturated heterocycles. The number of hydrogen-bond acceptors (Lipinski definition) is 1. The maximum Gasteiger partial charge on any atom is 0.0361 e. The summed E-state index contributed by atoms with van der Waals surface area (Å²) in [6.45, 7) is 5.79. The SMILES string of the molecule is Cn1cccc1CNC1CCC(C)(C)CC1. The lowest BCUT2D eigenvalue weighted by Crippen LogP contribution is -2.35. The fourth-order valence-electron chi connectivity index (χ4n) is 2.53. The molecule has 0 aromatic carbocycles. The Balaban J connectivity index is 1.78. The van der Waals surface area contributed by atoms with Crippen molar-refractivity contribution in [2.24, 2.45) is 12.5 Å². The molecule has 90 valence electrons. The standard InChI is InChI=1S/C14H24N2/c1-14(2)8-6-12(7-9-14)15-11-13-5-4-10-16(13)3/h4-5,10,12,15H,6-9,11H2,1-3H3. The van der Waals surface area contributed by atoms with Gasteiger partial charge in [-0.15, -0.1) is 0 Å². The van der Waals surface area contributed by atoms with Crippen molar-refractivity contribution >= 4 is 0 Å². The van der Waals surface area contributed by atoms with Crippen LogP contribution in [-0.2, 0) is 13.6 Å². The minimum atomic E-state index is 0.573. The van der Waals surface area contributed by atoms with Crippen molar-refractivity contribution in [3.05, 3.63) is 24.0 Å². The van der Waals surface area contributed by atoms with Gasteiger partial charge in [0.25, 0.3) is 0 Å². The molecule has 1 aromatic heterocycles. The summed E-state index contributed by atoms with van der Waals surface area (Å²) in [5.41, 5.74) is 1.95. The lowest BCUT2D eigenvalue weighted by Gasteiger charge is -2.34. The first-order chi connectivity index (χ1) is 7.57. The number of nitrogens with one attached hydrogen (secondary N) is 1. The highest BCUT2D eigenvalue weighted by atomic mass is 15.0. The molecule has 0 amide bonds. The van der Waals surface area contributed by atoms with Crippen molar-refractivity contribution in [1.82, 2.24) is 9.88 Å². The number of nitrogens with zero attached hydrogens (tertiary/aromatic N) is 1. The predicted molar refractivity (Wildman–Crippen MR) is 68.3 cm³/mol. The van der Waals surface area contributed by atoms with E-state index in [2.05, 4.69) is 49.1 Å². The second-order valence-electron chi connectivity index (χ2n) is 5.93. The number of aryl methyl sites for hydroxylation is 1. The molecular weight excluding hydrogens is 196 g/mol. The van der Waals surface area contributed by atoms with E-state index in [1.807, 2.05) is 0 Å². The van der Waals surface area contributed by atoms with Crippen molar-refractivity contribution in [2.75, 3.05) is 0 Å². The van der Waals surface area contributed by atoms with E-state index in [1.54, 1.807) is 0 Å². The maximum absolute atomic E-state index is 3.68. The molecule has 1 heterocycles. The average molecular weight is 220 g/mol. The van der Waals surface area contributed by atoms with Crippen molar-refractivity contribution in [1.29, 1.82) is 0 Å². The molecule has 0 atom stereocenters. The van der Waals surface area contributed by atoms with Crippen LogP contribution in [0.4, 0.5) is 0 Å². The van der Waals surface area contributed by atoms with Crippen LogP contribution >= 0.6 is 0 Å². The van der Waals surface area contributed by atoms with Crippen molar-refractivity contribution in [3.8, 4) is 0 Å². The van der Waals surface area contributed by atoms with Gasteiger partial charge in [-0.3, -0.25) is 0 Å². The molecule has 2 heteroatoms. The van der Waals surface area contributed by atoms with E-state index < -0.39 is 0 Å². The van der Waals surface area contributed by atoms with Gasteiger partial charge < -0.3 is 9.88 Å². The molecule has 0 spiro atoms. The van der Waals surface area contributed by atoms with E-state index in [4.69, 9.17) is 0 Å². The van der Waals surface area contributed by atoms with Crippen molar-refractivity contribution < 1.29 is 0 Å². The Kier molecular flexibility index (Phi) is 3.38. The lowest BCUT2D eigenvalue weighted by atomic mass is 9.75. The summed E-state index contributed by atoms with van der Waals surface area (Å²) in [6, 6.07) is 5.03. The normalized spacial score (nSPS) is 21.2. The van der Waals surface area contributed by atoms with E-state index in [0.29, 0.717) is 5.41 Å². The predicted octanol–water partition coefficient (Wildman–Crippen LogP) is 3.08.